The molecule has 0 saturated carbocycles. The molecule has 0 rings (SSSR count). The number of hydrogen-bond acceptors (Lipinski definition) is 6. The Labute approximate surface area is 107 Å². The Morgan fingerprint density at radius 1 is 0.889 bits per heavy atom. The van der Waals surface area contributed by atoms with Crippen LogP contribution in [-0.2, 0) is 28.6 Å². The van der Waals surface area contributed by atoms with Gasteiger partial charge in [0.2, 0.25) is 0 Å². The molecule has 0 heterocycles. The topological polar surface area (TPSA) is 78.9 Å². The number of carbonyl (C=O) groups is 3. The predicted octanol–water partition coefficient (Wildman–Crippen LogP) is 1.07. The second-order valence-electron chi connectivity index (χ2n) is 4.50. The monoisotopic (exact) mass is 260 g/mol. The van der Waals surface area contributed by atoms with E-state index >= 15 is 0 Å². The SMILES string of the molecule is CC(=O)OCC(COC(C)=O)C(C)(C)OC(C)=O. The van der Waals surface area contributed by atoms with Gasteiger partial charge in [0.15, 0.2) is 0 Å². The van der Waals surface area contributed by atoms with Crippen LogP contribution in [0.4, 0.5) is 0 Å². The van der Waals surface area contributed by atoms with Crippen molar-refractivity contribution < 1.29 is 28.6 Å². The lowest BCUT2D eigenvalue weighted by Crippen LogP contribution is -2.42. The highest BCUT2D eigenvalue weighted by atomic mass is 16.6. The van der Waals surface area contributed by atoms with Crippen molar-refractivity contribution in [3.63, 3.8) is 0 Å². The highest BCUT2D eigenvalue weighted by Crippen LogP contribution is 2.23. The molecule has 0 amide bonds. The smallest absolute Gasteiger partial charge is 0.303 e. The molecule has 104 valence electrons. The normalized spacial score (nSPS) is 11.0. The van der Waals surface area contributed by atoms with Crippen molar-refractivity contribution in [2.24, 2.45) is 5.92 Å². The Hall–Kier alpha value is -1.59. The van der Waals surface area contributed by atoms with Crippen LogP contribution in [0, 0.1) is 5.92 Å². The Balaban J connectivity index is 4.65. The Kier molecular flexibility index (Phi) is 6.36. The van der Waals surface area contributed by atoms with E-state index in [0.717, 1.165) is 0 Å². The largest absolute Gasteiger partial charge is 0.465 e. The molecule has 0 aromatic carbocycles. The molecule has 0 radical (unpaired) electrons. The second-order valence-corrected chi connectivity index (χ2v) is 4.50. The minimum atomic E-state index is -0.892. The van der Waals surface area contributed by atoms with Gasteiger partial charge in [0.25, 0.3) is 0 Å². The Bertz CT molecular complexity index is 303. The highest BCUT2D eigenvalue weighted by Gasteiger charge is 2.34. The number of rotatable bonds is 6. The van der Waals surface area contributed by atoms with Gasteiger partial charge in [-0.1, -0.05) is 0 Å². The van der Waals surface area contributed by atoms with Crippen LogP contribution in [0.3, 0.4) is 0 Å². The molecule has 0 bridgehead atoms. The first-order valence-electron chi connectivity index (χ1n) is 5.61. The molecule has 0 aliphatic carbocycles. The molecule has 0 N–H and O–H groups in total. The zero-order valence-corrected chi connectivity index (χ0v) is 11.4. The molecular weight excluding hydrogens is 240 g/mol. The molecule has 6 heteroatoms. The second kappa shape index (κ2) is 6.98. The molecule has 6 nitrogen and oxygen atoms in total. The lowest BCUT2D eigenvalue weighted by molar-refractivity contribution is -0.168. The molecule has 0 saturated heterocycles. The van der Waals surface area contributed by atoms with Crippen molar-refractivity contribution in [2.45, 2.75) is 40.2 Å². The third kappa shape index (κ3) is 6.88. The minimum Gasteiger partial charge on any atom is -0.465 e. The molecule has 0 aromatic rings. The fraction of sp³-hybridized carbons (Fsp3) is 0.750. The third-order valence-corrected chi connectivity index (χ3v) is 2.37. The minimum absolute atomic E-state index is 0.0168. The summed E-state index contributed by atoms with van der Waals surface area (Å²) in [5.41, 5.74) is -0.892. The summed E-state index contributed by atoms with van der Waals surface area (Å²) in [6, 6.07) is 0. The van der Waals surface area contributed by atoms with E-state index in [1.807, 2.05) is 0 Å². The summed E-state index contributed by atoms with van der Waals surface area (Å²) in [6.45, 7) is 7.23. The van der Waals surface area contributed by atoms with Gasteiger partial charge in [0, 0.05) is 20.8 Å². The first kappa shape index (κ1) is 16.4. The van der Waals surface area contributed by atoms with Gasteiger partial charge in [-0.15, -0.1) is 0 Å². The number of ether oxygens (including phenoxy) is 3. The summed E-state index contributed by atoms with van der Waals surface area (Å²) in [5.74, 6) is -1.76. The maximum absolute atomic E-state index is 11.0. The quantitative estimate of drug-likeness (QED) is 0.525. The molecule has 0 aliphatic rings. The molecular formula is C12H20O6. The average Bonchev–Trinajstić information content (AvgIpc) is 2.13. The number of esters is 3. The van der Waals surface area contributed by atoms with Crippen molar-refractivity contribution >= 4 is 17.9 Å². The highest BCUT2D eigenvalue weighted by molar-refractivity contribution is 5.67. The van der Waals surface area contributed by atoms with Gasteiger partial charge in [-0.25, -0.2) is 0 Å². The van der Waals surface area contributed by atoms with Crippen LogP contribution in [0.2, 0.25) is 0 Å². The summed E-state index contributed by atoms with van der Waals surface area (Å²) in [5, 5.41) is 0. The van der Waals surface area contributed by atoms with Crippen LogP contribution in [0.1, 0.15) is 34.6 Å². The maximum Gasteiger partial charge on any atom is 0.303 e. The van der Waals surface area contributed by atoms with Crippen molar-refractivity contribution in [1.82, 2.24) is 0 Å². The van der Waals surface area contributed by atoms with Crippen molar-refractivity contribution in [1.29, 1.82) is 0 Å². The lowest BCUT2D eigenvalue weighted by atomic mass is 9.92. The van der Waals surface area contributed by atoms with Crippen molar-refractivity contribution in [3.8, 4) is 0 Å². The van der Waals surface area contributed by atoms with E-state index in [1.54, 1.807) is 13.8 Å². The molecule has 0 spiro atoms. The van der Waals surface area contributed by atoms with E-state index in [-0.39, 0.29) is 13.2 Å². The van der Waals surface area contributed by atoms with Gasteiger partial charge >= 0.3 is 17.9 Å². The van der Waals surface area contributed by atoms with Gasteiger partial charge < -0.3 is 14.2 Å². The van der Waals surface area contributed by atoms with Crippen molar-refractivity contribution in [2.75, 3.05) is 13.2 Å². The maximum atomic E-state index is 11.0. The number of hydrogen-bond donors (Lipinski definition) is 0. The Morgan fingerprint density at radius 2 is 1.28 bits per heavy atom. The summed E-state index contributed by atoms with van der Waals surface area (Å²) in [7, 11) is 0. The summed E-state index contributed by atoms with van der Waals surface area (Å²) in [4.78, 5) is 32.6. The first-order valence-corrected chi connectivity index (χ1v) is 5.61. The fourth-order valence-corrected chi connectivity index (χ4v) is 1.34. The Morgan fingerprint density at radius 3 is 1.56 bits per heavy atom. The lowest BCUT2D eigenvalue weighted by Gasteiger charge is -2.32. The van der Waals surface area contributed by atoms with Crippen LogP contribution in [0.15, 0.2) is 0 Å². The van der Waals surface area contributed by atoms with Gasteiger partial charge in [0.05, 0.1) is 5.92 Å². The van der Waals surface area contributed by atoms with Crippen LogP contribution >= 0.6 is 0 Å². The average molecular weight is 260 g/mol. The van der Waals surface area contributed by atoms with Gasteiger partial charge in [-0.2, -0.15) is 0 Å². The van der Waals surface area contributed by atoms with Gasteiger partial charge in [-0.3, -0.25) is 14.4 Å². The molecule has 0 atom stereocenters. The van der Waals surface area contributed by atoms with E-state index in [1.165, 1.54) is 20.8 Å². The summed E-state index contributed by atoms with van der Waals surface area (Å²) < 4.78 is 14.9. The van der Waals surface area contributed by atoms with Gasteiger partial charge in [-0.05, 0) is 13.8 Å². The van der Waals surface area contributed by atoms with E-state index in [2.05, 4.69) is 0 Å². The number of carbonyl (C=O) groups excluding carboxylic acids is 3. The molecule has 0 aliphatic heterocycles. The van der Waals surface area contributed by atoms with Gasteiger partial charge in [0.1, 0.15) is 18.8 Å². The predicted molar refractivity (Wildman–Crippen MR) is 62.6 cm³/mol. The molecule has 0 unspecified atom stereocenters. The van der Waals surface area contributed by atoms with E-state index in [9.17, 15) is 14.4 Å². The van der Waals surface area contributed by atoms with Crippen LogP contribution < -0.4 is 0 Å². The van der Waals surface area contributed by atoms with Crippen molar-refractivity contribution in [3.05, 3.63) is 0 Å². The molecule has 18 heavy (non-hydrogen) atoms. The molecule has 0 aromatic heterocycles. The summed E-state index contributed by atoms with van der Waals surface area (Å²) >= 11 is 0. The van der Waals surface area contributed by atoms with Crippen LogP contribution in [-0.4, -0.2) is 36.7 Å². The third-order valence-electron chi connectivity index (χ3n) is 2.37. The van der Waals surface area contributed by atoms with E-state index < -0.39 is 29.4 Å². The van der Waals surface area contributed by atoms with E-state index in [0.29, 0.717) is 0 Å². The van der Waals surface area contributed by atoms with Crippen LogP contribution in [0.5, 0.6) is 0 Å². The molecule has 0 fully saturated rings. The first-order chi connectivity index (χ1) is 8.15. The zero-order valence-electron chi connectivity index (χ0n) is 11.4. The summed E-state index contributed by atoms with van der Waals surface area (Å²) in [6.07, 6.45) is 0. The standard InChI is InChI=1S/C12H20O6/c1-8(13)16-6-11(7-17-9(2)14)12(4,5)18-10(3)15/h11H,6-7H2,1-5H3. The zero-order chi connectivity index (χ0) is 14.3. The van der Waals surface area contributed by atoms with Crippen LogP contribution in [0.25, 0.3) is 0 Å². The van der Waals surface area contributed by atoms with E-state index in [4.69, 9.17) is 14.2 Å². The fourth-order valence-electron chi connectivity index (χ4n) is 1.34.